The number of fused-ring (bicyclic) bond motifs is 1. The van der Waals surface area contributed by atoms with Crippen molar-refractivity contribution in [2.24, 2.45) is 5.92 Å². The molecule has 0 aliphatic carbocycles. The zero-order valence-electron chi connectivity index (χ0n) is 15.0. The molecule has 1 fully saturated rings. The third-order valence-electron chi connectivity index (χ3n) is 5.05. The Morgan fingerprint density at radius 2 is 1.78 bits per heavy atom. The van der Waals surface area contributed by atoms with Crippen LogP contribution in [0.4, 0.5) is 5.69 Å². The van der Waals surface area contributed by atoms with Crippen molar-refractivity contribution in [2.75, 3.05) is 18.4 Å². The van der Waals surface area contributed by atoms with Crippen molar-refractivity contribution in [1.29, 1.82) is 0 Å². The molecule has 4 rings (SSSR count). The number of anilines is 1. The van der Waals surface area contributed by atoms with E-state index in [0.717, 1.165) is 29.3 Å². The zero-order chi connectivity index (χ0) is 18.6. The molecule has 2 aromatic carbocycles. The molecule has 0 bridgehead atoms. The molecule has 2 heterocycles. The molecule has 0 saturated carbocycles. The lowest BCUT2D eigenvalue weighted by atomic mass is 9.95. The van der Waals surface area contributed by atoms with E-state index in [-0.39, 0.29) is 17.7 Å². The molecule has 1 atom stereocenters. The Morgan fingerprint density at radius 3 is 2.63 bits per heavy atom. The Bertz CT molecular complexity index is 966. The summed E-state index contributed by atoms with van der Waals surface area (Å²) in [5, 5.41) is 4.92. The van der Waals surface area contributed by atoms with Gasteiger partial charge in [-0.05, 0) is 41.8 Å². The van der Waals surface area contributed by atoms with Gasteiger partial charge >= 0.3 is 0 Å². The number of nitrogens with one attached hydrogen (secondary N) is 1. The molecular formula is C22H21N3O2. The van der Waals surface area contributed by atoms with Gasteiger partial charge in [0.15, 0.2) is 0 Å². The van der Waals surface area contributed by atoms with E-state index in [1.54, 1.807) is 24.5 Å². The lowest BCUT2D eigenvalue weighted by Crippen LogP contribution is -2.43. The number of carbonyl (C=O) groups is 2. The number of carbonyl (C=O) groups excluding carboxylic acids is 2. The van der Waals surface area contributed by atoms with Gasteiger partial charge in [0, 0.05) is 36.7 Å². The highest BCUT2D eigenvalue weighted by Gasteiger charge is 2.29. The van der Waals surface area contributed by atoms with Crippen LogP contribution in [0.1, 0.15) is 23.2 Å². The van der Waals surface area contributed by atoms with Gasteiger partial charge in [-0.1, -0.05) is 36.4 Å². The Hall–Kier alpha value is -3.21. The summed E-state index contributed by atoms with van der Waals surface area (Å²) in [6.45, 7) is 1.13. The van der Waals surface area contributed by atoms with E-state index in [9.17, 15) is 9.59 Å². The number of pyridine rings is 1. The van der Waals surface area contributed by atoms with Crippen LogP contribution in [0.25, 0.3) is 10.8 Å². The Labute approximate surface area is 158 Å². The highest BCUT2D eigenvalue weighted by atomic mass is 16.2. The van der Waals surface area contributed by atoms with Gasteiger partial charge in [-0.15, -0.1) is 0 Å². The second-order valence-electron chi connectivity index (χ2n) is 6.84. The van der Waals surface area contributed by atoms with E-state index in [4.69, 9.17) is 0 Å². The highest BCUT2D eigenvalue weighted by molar-refractivity contribution is 6.07. The second-order valence-corrected chi connectivity index (χ2v) is 6.84. The van der Waals surface area contributed by atoms with Crippen LogP contribution < -0.4 is 5.32 Å². The average Bonchev–Trinajstić information content (AvgIpc) is 2.73. The predicted octanol–water partition coefficient (Wildman–Crippen LogP) is 3.73. The van der Waals surface area contributed by atoms with Gasteiger partial charge < -0.3 is 10.2 Å². The van der Waals surface area contributed by atoms with E-state index in [1.165, 1.54) is 0 Å². The van der Waals surface area contributed by atoms with Crippen molar-refractivity contribution in [1.82, 2.24) is 9.88 Å². The molecule has 2 amide bonds. The normalized spacial score (nSPS) is 16.9. The van der Waals surface area contributed by atoms with E-state index >= 15 is 0 Å². The summed E-state index contributed by atoms with van der Waals surface area (Å²) < 4.78 is 0. The standard InChI is InChI=1S/C22H21N3O2/c26-21(24-18-10-12-23-13-11-18)17-7-4-14-25(15-17)22(27)20-9-3-6-16-5-1-2-8-19(16)20/h1-3,5-6,8-13,17H,4,7,14-15H2,(H,23,24,26)/t17-/m1/s1. The molecule has 0 unspecified atom stereocenters. The maximum absolute atomic E-state index is 13.1. The Morgan fingerprint density at radius 1 is 1.00 bits per heavy atom. The molecule has 136 valence electrons. The number of rotatable bonds is 3. The van der Waals surface area contributed by atoms with Gasteiger partial charge in [-0.25, -0.2) is 0 Å². The molecule has 5 heteroatoms. The van der Waals surface area contributed by atoms with Crippen molar-refractivity contribution in [3.8, 4) is 0 Å². The van der Waals surface area contributed by atoms with Gasteiger partial charge in [-0.3, -0.25) is 14.6 Å². The molecule has 3 aromatic rings. The number of hydrogen-bond acceptors (Lipinski definition) is 3. The van der Waals surface area contributed by atoms with Crippen LogP contribution >= 0.6 is 0 Å². The topological polar surface area (TPSA) is 62.3 Å². The fraction of sp³-hybridized carbons (Fsp3) is 0.227. The maximum atomic E-state index is 13.1. The van der Waals surface area contributed by atoms with Gasteiger partial charge in [-0.2, -0.15) is 0 Å². The molecule has 1 saturated heterocycles. The van der Waals surface area contributed by atoms with Gasteiger partial charge in [0.2, 0.25) is 5.91 Å². The maximum Gasteiger partial charge on any atom is 0.254 e. The number of piperidine rings is 1. The Balaban J connectivity index is 1.50. The smallest absolute Gasteiger partial charge is 0.254 e. The van der Waals surface area contributed by atoms with Crippen LogP contribution in [-0.4, -0.2) is 34.8 Å². The van der Waals surface area contributed by atoms with E-state index in [2.05, 4.69) is 10.3 Å². The van der Waals surface area contributed by atoms with Crippen LogP contribution in [0.5, 0.6) is 0 Å². The number of amides is 2. The summed E-state index contributed by atoms with van der Waals surface area (Å²) >= 11 is 0. The molecular weight excluding hydrogens is 338 g/mol. The van der Waals surface area contributed by atoms with Gasteiger partial charge in [0.25, 0.3) is 5.91 Å². The largest absolute Gasteiger partial charge is 0.338 e. The summed E-state index contributed by atoms with van der Waals surface area (Å²) in [6, 6.07) is 17.2. The third-order valence-corrected chi connectivity index (χ3v) is 5.05. The SMILES string of the molecule is O=C(Nc1ccncc1)[C@@H]1CCCN(C(=O)c2cccc3ccccc23)C1. The Kier molecular flexibility index (Phi) is 4.83. The summed E-state index contributed by atoms with van der Waals surface area (Å²) in [5.41, 5.74) is 1.43. The van der Waals surface area contributed by atoms with Crippen LogP contribution in [0.2, 0.25) is 0 Å². The second kappa shape index (κ2) is 7.58. The number of aromatic nitrogens is 1. The number of nitrogens with zero attached hydrogens (tertiary/aromatic N) is 2. The van der Waals surface area contributed by atoms with Gasteiger partial charge in [0.1, 0.15) is 0 Å². The first-order valence-electron chi connectivity index (χ1n) is 9.20. The molecule has 1 aliphatic rings. The fourth-order valence-corrected chi connectivity index (χ4v) is 3.64. The first kappa shape index (κ1) is 17.2. The van der Waals surface area contributed by atoms with Gasteiger partial charge in [0.05, 0.1) is 5.92 Å². The van der Waals surface area contributed by atoms with Crippen molar-refractivity contribution in [2.45, 2.75) is 12.8 Å². The molecule has 0 radical (unpaired) electrons. The minimum Gasteiger partial charge on any atom is -0.338 e. The van der Waals surface area contributed by atoms with Crippen LogP contribution in [-0.2, 0) is 4.79 Å². The number of benzene rings is 2. The quantitative estimate of drug-likeness (QED) is 0.775. The third kappa shape index (κ3) is 3.67. The lowest BCUT2D eigenvalue weighted by molar-refractivity contribution is -0.121. The molecule has 1 aliphatic heterocycles. The average molecular weight is 359 g/mol. The van der Waals surface area contributed by atoms with Crippen molar-refractivity contribution in [3.05, 3.63) is 72.6 Å². The summed E-state index contributed by atoms with van der Waals surface area (Å²) in [6.07, 6.45) is 4.90. The van der Waals surface area contributed by atoms with E-state index < -0.39 is 0 Å². The monoisotopic (exact) mass is 359 g/mol. The summed E-state index contributed by atoms with van der Waals surface area (Å²) in [5.74, 6) is -0.254. The fourth-order valence-electron chi connectivity index (χ4n) is 3.64. The number of likely N-dealkylation sites (tertiary alicyclic amines) is 1. The van der Waals surface area contributed by atoms with Crippen LogP contribution in [0, 0.1) is 5.92 Å². The minimum absolute atomic E-state index is 0.00629. The van der Waals surface area contributed by atoms with Crippen molar-refractivity contribution >= 4 is 28.3 Å². The molecule has 0 spiro atoms. The zero-order valence-corrected chi connectivity index (χ0v) is 15.0. The highest BCUT2D eigenvalue weighted by Crippen LogP contribution is 2.24. The molecule has 1 N–H and O–H groups in total. The van der Waals surface area contributed by atoms with Crippen molar-refractivity contribution in [3.63, 3.8) is 0 Å². The first-order chi connectivity index (χ1) is 13.2. The van der Waals surface area contributed by atoms with Crippen molar-refractivity contribution < 1.29 is 9.59 Å². The predicted molar refractivity (Wildman–Crippen MR) is 105 cm³/mol. The first-order valence-corrected chi connectivity index (χ1v) is 9.20. The van der Waals surface area contributed by atoms with E-state index in [0.29, 0.717) is 18.7 Å². The number of hydrogen-bond donors (Lipinski definition) is 1. The summed E-state index contributed by atoms with van der Waals surface area (Å²) in [4.78, 5) is 31.5. The molecule has 1 aromatic heterocycles. The lowest BCUT2D eigenvalue weighted by Gasteiger charge is -2.32. The molecule has 27 heavy (non-hydrogen) atoms. The van der Waals surface area contributed by atoms with Crippen LogP contribution in [0.3, 0.4) is 0 Å². The molecule has 5 nitrogen and oxygen atoms in total. The van der Waals surface area contributed by atoms with Crippen LogP contribution in [0.15, 0.2) is 67.0 Å². The minimum atomic E-state index is -0.203. The van der Waals surface area contributed by atoms with E-state index in [1.807, 2.05) is 47.4 Å². The summed E-state index contributed by atoms with van der Waals surface area (Å²) in [7, 11) is 0.